The summed E-state index contributed by atoms with van der Waals surface area (Å²) in [5.41, 5.74) is -0.973. The molecule has 0 unspecified atom stereocenters. The summed E-state index contributed by atoms with van der Waals surface area (Å²) in [4.78, 5) is 42.0. The van der Waals surface area contributed by atoms with Gasteiger partial charge < -0.3 is 9.88 Å². The van der Waals surface area contributed by atoms with Crippen LogP contribution in [0.4, 0.5) is 0 Å². The maximum absolute atomic E-state index is 12.5. The summed E-state index contributed by atoms with van der Waals surface area (Å²) in [5, 5.41) is 1.89. The number of aromatic amines is 1. The second-order valence-corrected chi connectivity index (χ2v) is 6.36. The molecule has 1 fully saturated rings. The lowest BCUT2D eigenvalue weighted by atomic mass is 10.1. The molecule has 1 aliphatic heterocycles. The summed E-state index contributed by atoms with van der Waals surface area (Å²) in [6.07, 6.45) is 4.27. The third kappa shape index (κ3) is 2.89. The van der Waals surface area contributed by atoms with Crippen LogP contribution < -0.4 is 11.2 Å². The highest BCUT2D eigenvalue weighted by molar-refractivity contribution is 7.09. The van der Waals surface area contributed by atoms with Gasteiger partial charge in [0, 0.05) is 24.2 Å². The number of likely N-dealkylation sites (tertiary alicyclic amines) is 1. The molecule has 0 radical (unpaired) electrons. The first-order chi connectivity index (χ1) is 10.7. The molecule has 1 aliphatic rings. The summed E-state index contributed by atoms with van der Waals surface area (Å²) >= 11 is 1.47. The lowest BCUT2D eigenvalue weighted by Gasteiger charge is -2.26. The van der Waals surface area contributed by atoms with Gasteiger partial charge in [0.05, 0.1) is 6.54 Å². The number of aromatic nitrogens is 2. The van der Waals surface area contributed by atoms with Crippen LogP contribution in [0.3, 0.4) is 0 Å². The predicted octanol–water partition coefficient (Wildman–Crippen LogP) is 1.27. The zero-order valence-electron chi connectivity index (χ0n) is 12.1. The summed E-state index contributed by atoms with van der Waals surface area (Å²) < 4.78 is 1.09. The molecule has 116 valence electrons. The van der Waals surface area contributed by atoms with Crippen molar-refractivity contribution in [3.63, 3.8) is 0 Å². The maximum Gasteiger partial charge on any atom is 0.328 e. The van der Waals surface area contributed by atoms with Crippen LogP contribution in [0, 0.1) is 0 Å². The maximum atomic E-state index is 12.5. The van der Waals surface area contributed by atoms with Crippen LogP contribution in [0.15, 0.2) is 33.3 Å². The Bertz CT molecular complexity index is 770. The number of thiophene rings is 1. The molecule has 1 N–H and O–H groups in total. The van der Waals surface area contributed by atoms with Gasteiger partial charge in [-0.1, -0.05) is 6.07 Å². The predicted molar refractivity (Wildman–Crippen MR) is 84.5 cm³/mol. The molecule has 1 amide bonds. The molecule has 3 rings (SSSR count). The molecule has 2 aromatic heterocycles. The third-order valence-electron chi connectivity index (χ3n) is 3.83. The lowest BCUT2D eigenvalue weighted by Crippen LogP contribution is -2.43. The number of nitrogens with one attached hydrogen (secondary N) is 1. The summed E-state index contributed by atoms with van der Waals surface area (Å²) in [7, 11) is 0. The zero-order valence-corrected chi connectivity index (χ0v) is 12.9. The molecule has 0 bridgehead atoms. The first-order valence-corrected chi connectivity index (χ1v) is 8.19. The van der Waals surface area contributed by atoms with Crippen LogP contribution in [0.25, 0.3) is 0 Å². The molecular weight excluding hydrogens is 302 g/mol. The molecular formula is C15H17N3O3S. The van der Waals surface area contributed by atoms with Crippen molar-refractivity contribution in [2.24, 2.45) is 0 Å². The van der Waals surface area contributed by atoms with Gasteiger partial charge in [0.1, 0.15) is 5.56 Å². The van der Waals surface area contributed by atoms with Gasteiger partial charge in [0.15, 0.2) is 0 Å². The molecule has 0 aliphatic carbocycles. The number of rotatable bonds is 3. The van der Waals surface area contributed by atoms with Gasteiger partial charge in [-0.15, -0.1) is 11.3 Å². The average Bonchev–Trinajstić information content (AvgIpc) is 3.05. The smallest absolute Gasteiger partial charge is 0.328 e. The molecule has 6 nitrogen and oxygen atoms in total. The molecule has 0 atom stereocenters. The zero-order chi connectivity index (χ0) is 15.5. The fourth-order valence-electron chi connectivity index (χ4n) is 2.63. The fraction of sp³-hybridized carbons (Fsp3) is 0.400. The molecule has 22 heavy (non-hydrogen) atoms. The van der Waals surface area contributed by atoms with E-state index >= 15 is 0 Å². The number of carbonyl (C=O) groups excluding carboxylic acids is 1. The minimum absolute atomic E-state index is 0.0399. The van der Waals surface area contributed by atoms with E-state index in [4.69, 9.17) is 0 Å². The molecule has 3 heterocycles. The first-order valence-electron chi connectivity index (χ1n) is 7.31. The summed E-state index contributed by atoms with van der Waals surface area (Å²) in [5.74, 6) is -0.291. The monoisotopic (exact) mass is 319 g/mol. The van der Waals surface area contributed by atoms with E-state index in [0.717, 1.165) is 28.7 Å². The fourth-order valence-corrected chi connectivity index (χ4v) is 3.33. The normalized spacial score (nSPS) is 15.0. The van der Waals surface area contributed by atoms with E-state index in [1.165, 1.54) is 17.5 Å². The number of carbonyl (C=O) groups is 1. The number of nitrogens with zero attached hydrogens (tertiary/aromatic N) is 2. The molecule has 0 saturated carbocycles. The number of amides is 1. The number of hydrogen-bond acceptors (Lipinski definition) is 4. The van der Waals surface area contributed by atoms with E-state index < -0.39 is 11.2 Å². The van der Waals surface area contributed by atoms with Crippen LogP contribution in [-0.4, -0.2) is 33.4 Å². The Balaban J connectivity index is 1.94. The molecule has 2 aromatic rings. The van der Waals surface area contributed by atoms with Crippen molar-refractivity contribution in [1.29, 1.82) is 0 Å². The quantitative estimate of drug-likeness (QED) is 0.926. The van der Waals surface area contributed by atoms with Crippen molar-refractivity contribution in [2.45, 2.75) is 25.8 Å². The molecule has 0 aromatic carbocycles. The second kappa shape index (κ2) is 6.31. The van der Waals surface area contributed by atoms with Crippen molar-refractivity contribution < 1.29 is 4.79 Å². The minimum Gasteiger partial charge on any atom is -0.338 e. The van der Waals surface area contributed by atoms with Gasteiger partial charge in [0.25, 0.3) is 11.5 Å². The molecule has 1 saturated heterocycles. The Morgan fingerprint density at radius 3 is 2.68 bits per heavy atom. The van der Waals surface area contributed by atoms with Crippen molar-refractivity contribution >= 4 is 17.2 Å². The van der Waals surface area contributed by atoms with Crippen LogP contribution >= 0.6 is 11.3 Å². The van der Waals surface area contributed by atoms with Crippen molar-refractivity contribution in [3.05, 3.63) is 55.0 Å². The van der Waals surface area contributed by atoms with E-state index in [1.54, 1.807) is 4.90 Å². The standard InChI is InChI=1S/C15H17N3O3S/c19-13(17-6-2-1-3-7-17)12-9-16-15(21)18(14(12)20)10-11-5-4-8-22-11/h4-5,8-9H,1-3,6-7,10H2,(H,16,21). The topological polar surface area (TPSA) is 75.2 Å². The summed E-state index contributed by atoms with van der Waals surface area (Å²) in [6, 6.07) is 3.72. The van der Waals surface area contributed by atoms with Crippen molar-refractivity contribution in [1.82, 2.24) is 14.5 Å². The first kappa shape index (κ1) is 14.8. The number of H-pyrrole nitrogens is 1. The van der Waals surface area contributed by atoms with E-state index in [9.17, 15) is 14.4 Å². The molecule has 7 heteroatoms. The largest absolute Gasteiger partial charge is 0.338 e. The Morgan fingerprint density at radius 1 is 1.23 bits per heavy atom. The van der Waals surface area contributed by atoms with Crippen LogP contribution in [0.5, 0.6) is 0 Å². The highest BCUT2D eigenvalue weighted by atomic mass is 32.1. The van der Waals surface area contributed by atoms with Gasteiger partial charge in [0.2, 0.25) is 0 Å². The Hall–Kier alpha value is -2.15. The highest BCUT2D eigenvalue weighted by Crippen LogP contribution is 2.11. The van der Waals surface area contributed by atoms with Gasteiger partial charge in [-0.25, -0.2) is 4.79 Å². The Labute approximate surface area is 131 Å². The molecule has 0 spiro atoms. The second-order valence-electron chi connectivity index (χ2n) is 5.33. The van der Waals surface area contributed by atoms with Crippen LogP contribution in [-0.2, 0) is 6.54 Å². The van der Waals surface area contributed by atoms with E-state index in [0.29, 0.717) is 13.1 Å². The van der Waals surface area contributed by atoms with Gasteiger partial charge >= 0.3 is 5.69 Å². The lowest BCUT2D eigenvalue weighted by molar-refractivity contribution is 0.0721. The van der Waals surface area contributed by atoms with E-state index in [1.807, 2.05) is 17.5 Å². The van der Waals surface area contributed by atoms with E-state index in [-0.39, 0.29) is 18.0 Å². The highest BCUT2D eigenvalue weighted by Gasteiger charge is 2.22. The van der Waals surface area contributed by atoms with Crippen molar-refractivity contribution in [3.8, 4) is 0 Å². The number of piperidine rings is 1. The SMILES string of the molecule is O=C(c1c[nH]c(=O)n(Cc2cccs2)c1=O)N1CCCCC1. The van der Waals surface area contributed by atoms with Crippen LogP contribution in [0.2, 0.25) is 0 Å². The van der Waals surface area contributed by atoms with Gasteiger partial charge in [-0.05, 0) is 30.7 Å². The summed E-state index contributed by atoms with van der Waals surface area (Å²) in [6.45, 7) is 1.53. The van der Waals surface area contributed by atoms with Crippen LogP contribution in [0.1, 0.15) is 34.5 Å². The minimum atomic E-state index is -0.521. The number of hydrogen-bond donors (Lipinski definition) is 1. The third-order valence-corrected chi connectivity index (χ3v) is 4.69. The van der Waals surface area contributed by atoms with Gasteiger partial charge in [-0.2, -0.15) is 0 Å². The Kier molecular flexibility index (Phi) is 4.24. The average molecular weight is 319 g/mol. The Morgan fingerprint density at radius 2 is 2.00 bits per heavy atom. The van der Waals surface area contributed by atoms with E-state index in [2.05, 4.69) is 4.98 Å². The van der Waals surface area contributed by atoms with Gasteiger partial charge in [-0.3, -0.25) is 14.2 Å². The van der Waals surface area contributed by atoms with Crippen molar-refractivity contribution in [2.75, 3.05) is 13.1 Å².